The fourth-order valence-electron chi connectivity index (χ4n) is 2.46. The Hall–Kier alpha value is -2.29. The highest BCUT2D eigenvalue weighted by Crippen LogP contribution is 2.24. The van der Waals surface area contributed by atoms with E-state index in [9.17, 15) is 4.79 Å². The Bertz CT molecular complexity index is 775. The van der Waals surface area contributed by atoms with E-state index in [0.29, 0.717) is 0 Å². The van der Waals surface area contributed by atoms with E-state index in [0.717, 1.165) is 22.2 Å². The number of benzene rings is 2. The zero-order valence-corrected chi connectivity index (χ0v) is 11.1. The lowest BCUT2D eigenvalue weighted by atomic mass is 10.1. The van der Waals surface area contributed by atoms with E-state index in [-0.39, 0.29) is 11.6 Å². The molecule has 0 aliphatic rings. The smallest absolute Gasteiger partial charge is 0.312 e. The molecule has 0 amide bonds. The molecule has 0 fully saturated rings. The summed E-state index contributed by atoms with van der Waals surface area (Å²) in [5, 5.41) is 2.23. The van der Waals surface area contributed by atoms with E-state index in [1.54, 1.807) is 10.8 Å². The van der Waals surface area contributed by atoms with Crippen LogP contribution in [0, 0.1) is 0 Å². The summed E-state index contributed by atoms with van der Waals surface area (Å²) in [5.41, 5.74) is 1.86. The Kier molecular flexibility index (Phi) is 2.75. The molecule has 1 aromatic heterocycles. The van der Waals surface area contributed by atoms with Crippen molar-refractivity contribution in [2.75, 3.05) is 0 Å². The maximum Gasteiger partial charge on any atom is 0.330 e. The minimum absolute atomic E-state index is 0.0833. The van der Waals surface area contributed by atoms with Gasteiger partial charge in [0, 0.05) is 17.3 Å². The van der Waals surface area contributed by atoms with Gasteiger partial charge in [-0.25, -0.2) is 4.79 Å². The first-order valence-electron chi connectivity index (χ1n) is 6.47. The molecule has 1 N–H and O–H groups in total. The molecule has 3 rings (SSSR count). The van der Waals surface area contributed by atoms with Crippen LogP contribution >= 0.6 is 0 Å². The molecule has 96 valence electrons. The lowest BCUT2D eigenvalue weighted by molar-refractivity contribution is 0.779. The van der Waals surface area contributed by atoms with Gasteiger partial charge in [-0.05, 0) is 17.4 Å². The zero-order valence-electron chi connectivity index (χ0n) is 11.1. The Labute approximate surface area is 111 Å². The van der Waals surface area contributed by atoms with Crippen LogP contribution in [0.5, 0.6) is 0 Å². The quantitative estimate of drug-likeness (QED) is 0.745. The molecule has 0 radical (unpaired) electrons. The van der Waals surface area contributed by atoms with Gasteiger partial charge in [-0.1, -0.05) is 50.2 Å². The monoisotopic (exact) mass is 252 g/mol. The number of rotatable bonds is 2. The van der Waals surface area contributed by atoms with Gasteiger partial charge < -0.3 is 4.98 Å². The first-order valence-corrected chi connectivity index (χ1v) is 6.47. The van der Waals surface area contributed by atoms with E-state index in [1.165, 1.54) is 0 Å². The highest BCUT2D eigenvalue weighted by molar-refractivity contribution is 5.90. The van der Waals surface area contributed by atoms with E-state index < -0.39 is 0 Å². The van der Waals surface area contributed by atoms with Gasteiger partial charge in [0.15, 0.2) is 0 Å². The molecule has 0 bridgehead atoms. The van der Waals surface area contributed by atoms with Gasteiger partial charge >= 0.3 is 5.69 Å². The number of aromatic nitrogens is 2. The van der Waals surface area contributed by atoms with Crippen LogP contribution in [0.15, 0.2) is 53.5 Å². The van der Waals surface area contributed by atoms with Crippen molar-refractivity contribution >= 4 is 10.8 Å². The molecule has 0 saturated carbocycles. The standard InChI is InChI=1S/C16H16N2O/c1-11(2)15-10-17-16(19)18(15)14-9-5-7-12-6-3-4-8-13(12)14/h3-11H,1-2H3,(H,17,19). The highest BCUT2D eigenvalue weighted by Gasteiger charge is 2.13. The summed E-state index contributed by atoms with van der Waals surface area (Å²) in [6.07, 6.45) is 1.80. The van der Waals surface area contributed by atoms with Crippen molar-refractivity contribution in [3.05, 3.63) is 64.8 Å². The van der Waals surface area contributed by atoms with Crippen LogP contribution in [0.2, 0.25) is 0 Å². The van der Waals surface area contributed by atoms with Crippen molar-refractivity contribution in [3.8, 4) is 5.69 Å². The van der Waals surface area contributed by atoms with Gasteiger partial charge in [0.1, 0.15) is 0 Å². The fraction of sp³-hybridized carbons (Fsp3) is 0.188. The lowest BCUT2D eigenvalue weighted by Gasteiger charge is -2.12. The number of fused-ring (bicyclic) bond motifs is 1. The average Bonchev–Trinajstić information content (AvgIpc) is 2.80. The normalized spacial score (nSPS) is 11.3. The number of imidazole rings is 1. The lowest BCUT2D eigenvalue weighted by Crippen LogP contribution is -2.17. The molecule has 0 aliphatic heterocycles. The molecule has 2 aromatic carbocycles. The van der Waals surface area contributed by atoms with Crippen molar-refractivity contribution < 1.29 is 0 Å². The summed E-state index contributed by atoms with van der Waals surface area (Å²) in [6.45, 7) is 4.18. The minimum Gasteiger partial charge on any atom is -0.312 e. The molecule has 3 nitrogen and oxygen atoms in total. The van der Waals surface area contributed by atoms with Gasteiger partial charge in [-0.15, -0.1) is 0 Å². The third-order valence-electron chi connectivity index (χ3n) is 3.40. The van der Waals surface area contributed by atoms with Crippen molar-refractivity contribution in [3.63, 3.8) is 0 Å². The van der Waals surface area contributed by atoms with Gasteiger partial charge in [0.25, 0.3) is 0 Å². The van der Waals surface area contributed by atoms with Crippen LogP contribution in [-0.4, -0.2) is 9.55 Å². The molecular formula is C16H16N2O. The van der Waals surface area contributed by atoms with Crippen LogP contribution in [-0.2, 0) is 0 Å². The Morgan fingerprint density at radius 1 is 1.05 bits per heavy atom. The van der Waals surface area contributed by atoms with E-state index in [1.807, 2.05) is 30.3 Å². The summed E-state index contributed by atoms with van der Waals surface area (Å²) in [4.78, 5) is 14.9. The zero-order chi connectivity index (χ0) is 13.4. The van der Waals surface area contributed by atoms with E-state index in [4.69, 9.17) is 0 Å². The summed E-state index contributed by atoms with van der Waals surface area (Å²) in [7, 11) is 0. The third kappa shape index (κ3) is 1.87. The van der Waals surface area contributed by atoms with E-state index in [2.05, 4.69) is 31.0 Å². The topological polar surface area (TPSA) is 37.8 Å². The van der Waals surface area contributed by atoms with Crippen LogP contribution < -0.4 is 5.69 Å². The van der Waals surface area contributed by atoms with Crippen molar-refractivity contribution in [2.45, 2.75) is 19.8 Å². The van der Waals surface area contributed by atoms with Crippen LogP contribution in [0.3, 0.4) is 0 Å². The SMILES string of the molecule is CC(C)c1c[nH]c(=O)n1-c1cccc2ccccc12. The third-order valence-corrected chi connectivity index (χ3v) is 3.40. The van der Waals surface area contributed by atoms with Crippen LogP contribution in [0.1, 0.15) is 25.5 Å². The molecule has 19 heavy (non-hydrogen) atoms. The minimum atomic E-state index is -0.0833. The Balaban J connectivity index is 2.37. The molecule has 0 aliphatic carbocycles. The largest absolute Gasteiger partial charge is 0.330 e. The molecule has 3 aromatic rings. The molecule has 0 unspecified atom stereocenters. The number of nitrogens with one attached hydrogen (secondary N) is 1. The molecular weight excluding hydrogens is 236 g/mol. The number of aromatic amines is 1. The van der Waals surface area contributed by atoms with Crippen LogP contribution in [0.25, 0.3) is 16.5 Å². The summed E-state index contributed by atoms with van der Waals surface area (Å²) in [5.74, 6) is 0.290. The first-order chi connectivity index (χ1) is 9.18. The molecule has 0 spiro atoms. The van der Waals surface area contributed by atoms with Gasteiger partial charge in [0.05, 0.1) is 5.69 Å². The predicted molar refractivity (Wildman–Crippen MR) is 78.0 cm³/mol. The second-order valence-electron chi connectivity index (χ2n) is 5.01. The van der Waals surface area contributed by atoms with Crippen molar-refractivity contribution in [1.29, 1.82) is 0 Å². The highest BCUT2D eigenvalue weighted by atomic mass is 16.1. The van der Waals surface area contributed by atoms with Crippen molar-refractivity contribution in [2.24, 2.45) is 0 Å². The summed E-state index contributed by atoms with van der Waals surface area (Å²) < 4.78 is 1.77. The van der Waals surface area contributed by atoms with Gasteiger partial charge in [0.2, 0.25) is 0 Å². The Morgan fingerprint density at radius 3 is 2.58 bits per heavy atom. The maximum absolute atomic E-state index is 12.1. The molecule has 0 saturated heterocycles. The number of nitrogens with zero attached hydrogens (tertiary/aromatic N) is 1. The molecule has 0 atom stereocenters. The number of hydrogen-bond acceptors (Lipinski definition) is 1. The second kappa shape index (κ2) is 4.43. The molecule has 1 heterocycles. The van der Waals surface area contributed by atoms with Crippen LogP contribution in [0.4, 0.5) is 0 Å². The fourth-order valence-corrected chi connectivity index (χ4v) is 2.46. The Morgan fingerprint density at radius 2 is 1.79 bits per heavy atom. The van der Waals surface area contributed by atoms with Gasteiger partial charge in [-0.2, -0.15) is 0 Å². The van der Waals surface area contributed by atoms with Crippen molar-refractivity contribution in [1.82, 2.24) is 9.55 Å². The van der Waals surface area contributed by atoms with Gasteiger partial charge in [-0.3, -0.25) is 4.57 Å². The number of hydrogen-bond donors (Lipinski definition) is 1. The second-order valence-corrected chi connectivity index (χ2v) is 5.01. The number of H-pyrrole nitrogens is 1. The summed E-state index contributed by atoms with van der Waals surface area (Å²) >= 11 is 0. The first kappa shape index (κ1) is 11.8. The summed E-state index contributed by atoms with van der Waals surface area (Å²) in [6, 6.07) is 14.2. The maximum atomic E-state index is 12.1. The average molecular weight is 252 g/mol. The van der Waals surface area contributed by atoms with E-state index >= 15 is 0 Å². The molecule has 3 heteroatoms. The predicted octanol–water partition coefficient (Wildman–Crippen LogP) is 3.44.